The number of nitrogens with one attached hydrogen (secondary N) is 2. The minimum atomic E-state index is -0.344. The molecule has 0 saturated carbocycles. The van der Waals surface area contributed by atoms with Gasteiger partial charge in [-0.3, -0.25) is 19.9 Å². The molecule has 1 saturated heterocycles. The van der Waals surface area contributed by atoms with Crippen LogP contribution in [0.1, 0.15) is 15.9 Å². The molecule has 150 valence electrons. The normalized spacial score (nSPS) is 21.1. The zero-order valence-electron chi connectivity index (χ0n) is 15.5. The summed E-state index contributed by atoms with van der Waals surface area (Å²) in [4.78, 5) is 32.2. The molecule has 2 atom stereocenters. The number of ketones is 1. The Bertz CT molecular complexity index is 998. The van der Waals surface area contributed by atoms with Crippen LogP contribution in [-0.2, 0) is 4.79 Å². The summed E-state index contributed by atoms with van der Waals surface area (Å²) in [6, 6.07) is 12.7. The molecule has 2 aromatic rings. The Balaban J connectivity index is 1.62. The summed E-state index contributed by atoms with van der Waals surface area (Å²) in [5.41, 5.74) is 8.13. The number of fused-ring (bicyclic) bond motifs is 1. The molecule has 0 bridgehead atoms. The Hall–Kier alpha value is -1.71. The molecule has 0 spiro atoms. The SMILES string of the molecule is Cc1c(Cl)cccc1N1C(=O)C2CNNC2N=C1SCC(=O)c1ccc(Br)cc1. The van der Waals surface area contributed by atoms with Gasteiger partial charge in [0.1, 0.15) is 6.17 Å². The fraction of sp³-hybridized carbons (Fsp3) is 0.250. The second-order valence-electron chi connectivity index (χ2n) is 6.76. The monoisotopic (exact) mass is 492 g/mol. The van der Waals surface area contributed by atoms with E-state index in [-0.39, 0.29) is 29.5 Å². The summed E-state index contributed by atoms with van der Waals surface area (Å²) in [5, 5.41) is 1.07. The molecule has 1 amide bonds. The van der Waals surface area contributed by atoms with E-state index < -0.39 is 0 Å². The van der Waals surface area contributed by atoms with E-state index >= 15 is 0 Å². The maximum atomic E-state index is 13.3. The minimum absolute atomic E-state index is 0.0277. The molecule has 29 heavy (non-hydrogen) atoms. The summed E-state index contributed by atoms with van der Waals surface area (Å²) in [7, 11) is 0. The number of rotatable bonds is 4. The standard InChI is InChI=1S/C20H18BrClN4O2S/c1-11-15(22)3-2-4-16(11)26-19(28)14-9-23-25-18(14)24-20(26)29-10-17(27)12-5-7-13(21)8-6-12/h2-8,14,18,23,25H,9-10H2,1H3. The summed E-state index contributed by atoms with van der Waals surface area (Å²) >= 11 is 10.9. The van der Waals surface area contributed by atoms with Gasteiger partial charge in [-0.1, -0.05) is 57.5 Å². The van der Waals surface area contributed by atoms with E-state index in [1.165, 1.54) is 11.8 Å². The van der Waals surface area contributed by atoms with Crippen LogP contribution >= 0.6 is 39.3 Å². The number of hydrazine groups is 1. The molecule has 1 fully saturated rings. The van der Waals surface area contributed by atoms with Gasteiger partial charge >= 0.3 is 0 Å². The van der Waals surface area contributed by atoms with E-state index in [0.717, 1.165) is 10.0 Å². The van der Waals surface area contributed by atoms with E-state index in [2.05, 4.69) is 26.8 Å². The topological polar surface area (TPSA) is 73.8 Å². The van der Waals surface area contributed by atoms with Crippen molar-refractivity contribution in [1.82, 2.24) is 10.9 Å². The molecule has 4 rings (SSSR count). The molecular formula is C20H18BrClN4O2S. The molecule has 0 radical (unpaired) electrons. The Morgan fingerprint density at radius 2 is 2.07 bits per heavy atom. The lowest BCUT2D eigenvalue weighted by Crippen LogP contribution is -2.49. The number of benzene rings is 2. The first-order chi connectivity index (χ1) is 14.0. The predicted molar refractivity (Wildman–Crippen MR) is 120 cm³/mol. The first-order valence-corrected chi connectivity index (χ1v) is 11.2. The highest BCUT2D eigenvalue weighted by Gasteiger charge is 2.42. The number of anilines is 1. The second-order valence-corrected chi connectivity index (χ2v) is 9.03. The Kier molecular flexibility index (Phi) is 6.08. The maximum absolute atomic E-state index is 13.3. The minimum Gasteiger partial charge on any atom is -0.293 e. The highest BCUT2D eigenvalue weighted by molar-refractivity contribution is 9.10. The number of Topliss-reactive ketones (excluding diaryl/α,β-unsaturated/α-hetero) is 1. The van der Waals surface area contributed by atoms with Crippen molar-refractivity contribution in [3.8, 4) is 0 Å². The molecule has 2 heterocycles. The largest absolute Gasteiger partial charge is 0.293 e. The molecule has 6 nitrogen and oxygen atoms in total. The number of amides is 1. The van der Waals surface area contributed by atoms with Crippen molar-refractivity contribution in [3.05, 3.63) is 63.1 Å². The summed E-state index contributed by atoms with van der Waals surface area (Å²) in [6.45, 7) is 2.37. The van der Waals surface area contributed by atoms with Gasteiger partial charge in [-0.25, -0.2) is 10.4 Å². The molecular weight excluding hydrogens is 476 g/mol. The maximum Gasteiger partial charge on any atom is 0.241 e. The van der Waals surface area contributed by atoms with Gasteiger partial charge < -0.3 is 0 Å². The fourth-order valence-electron chi connectivity index (χ4n) is 3.28. The predicted octanol–water partition coefficient (Wildman–Crippen LogP) is 3.78. The Morgan fingerprint density at radius 3 is 2.83 bits per heavy atom. The van der Waals surface area contributed by atoms with E-state index in [9.17, 15) is 9.59 Å². The third kappa shape index (κ3) is 4.13. The van der Waals surface area contributed by atoms with Gasteiger partial charge in [0.25, 0.3) is 0 Å². The lowest BCUT2D eigenvalue weighted by Gasteiger charge is -2.33. The number of carbonyl (C=O) groups excluding carboxylic acids is 2. The number of aliphatic imine (C=N–C) groups is 1. The summed E-state index contributed by atoms with van der Waals surface area (Å²) in [5.74, 6) is -0.222. The van der Waals surface area contributed by atoms with Gasteiger partial charge in [-0.2, -0.15) is 0 Å². The second kappa shape index (κ2) is 8.57. The molecule has 2 aliphatic heterocycles. The van der Waals surface area contributed by atoms with E-state index in [0.29, 0.717) is 28.0 Å². The van der Waals surface area contributed by atoms with Crippen molar-refractivity contribution in [1.29, 1.82) is 0 Å². The molecule has 2 unspecified atom stereocenters. The number of thioether (sulfide) groups is 1. The molecule has 9 heteroatoms. The van der Waals surface area contributed by atoms with Crippen molar-refractivity contribution in [2.24, 2.45) is 10.9 Å². The van der Waals surface area contributed by atoms with Gasteiger partial charge in [0.15, 0.2) is 11.0 Å². The van der Waals surface area contributed by atoms with Crippen molar-refractivity contribution in [2.75, 3.05) is 17.2 Å². The third-order valence-corrected chi connectivity index (χ3v) is 6.80. The van der Waals surface area contributed by atoms with Crippen molar-refractivity contribution < 1.29 is 9.59 Å². The molecule has 0 aromatic heterocycles. The van der Waals surface area contributed by atoms with Gasteiger partial charge in [0.05, 0.1) is 17.4 Å². The van der Waals surface area contributed by atoms with Gasteiger partial charge in [0.2, 0.25) is 5.91 Å². The highest BCUT2D eigenvalue weighted by Crippen LogP contribution is 2.34. The first-order valence-electron chi connectivity index (χ1n) is 9.02. The van der Waals surface area contributed by atoms with E-state index in [1.54, 1.807) is 23.1 Å². The van der Waals surface area contributed by atoms with Crippen LogP contribution in [0.4, 0.5) is 5.69 Å². The van der Waals surface area contributed by atoms with Crippen LogP contribution < -0.4 is 15.8 Å². The quantitative estimate of drug-likeness (QED) is 0.634. The number of amidine groups is 1. The number of halogens is 2. The van der Waals surface area contributed by atoms with Gasteiger partial charge in [-0.05, 0) is 36.8 Å². The zero-order valence-corrected chi connectivity index (χ0v) is 18.6. The summed E-state index contributed by atoms with van der Waals surface area (Å²) in [6.07, 6.45) is -0.344. The van der Waals surface area contributed by atoms with Gasteiger partial charge in [0, 0.05) is 21.6 Å². The summed E-state index contributed by atoms with van der Waals surface area (Å²) < 4.78 is 0.914. The Labute approximate surface area is 186 Å². The van der Waals surface area contributed by atoms with Crippen LogP contribution in [0, 0.1) is 12.8 Å². The van der Waals surface area contributed by atoms with Crippen LogP contribution in [0.25, 0.3) is 0 Å². The van der Waals surface area contributed by atoms with Crippen molar-refractivity contribution >= 4 is 61.8 Å². The Morgan fingerprint density at radius 1 is 1.31 bits per heavy atom. The number of hydrogen-bond acceptors (Lipinski definition) is 6. The molecule has 2 N–H and O–H groups in total. The van der Waals surface area contributed by atoms with Crippen molar-refractivity contribution in [3.63, 3.8) is 0 Å². The average Bonchev–Trinajstić information content (AvgIpc) is 3.18. The molecule has 0 aliphatic carbocycles. The highest BCUT2D eigenvalue weighted by atomic mass is 79.9. The number of hydrogen-bond donors (Lipinski definition) is 2. The lowest BCUT2D eigenvalue weighted by atomic mass is 10.0. The molecule has 2 aliphatic rings. The van der Waals surface area contributed by atoms with Crippen LogP contribution in [-0.4, -0.2) is 35.3 Å². The van der Waals surface area contributed by atoms with Crippen molar-refractivity contribution in [2.45, 2.75) is 13.1 Å². The van der Waals surface area contributed by atoms with Crippen LogP contribution in [0.15, 0.2) is 51.9 Å². The lowest BCUT2D eigenvalue weighted by molar-refractivity contribution is -0.121. The van der Waals surface area contributed by atoms with E-state index in [1.807, 2.05) is 31.2 Å². The third-order valence-electron chi connectivity index (χ3n) is 4.91. The van der Waals surface area contributed by atoms with Crippen LogP contribution in [0.2, 0.25) is 5.02 Å². The number of carbonyl (C=O) groups is 2. The molecule has 2 aromatic carbocycles. The van der Waals surface area contributed by atoms with Gasteiger partial charge in [-0.15, -0.1) is 0 Å². The average molecular weight is 494 g/mol. The fourth-order valence-corrected chi connectivity index (χ4v) is 4.64. The zero-order chi connectivity index (χ0) is 20.5. The number of nitrogens with zero attached hydrogens (tertiary/aromatic N) is 2. The van der Waals surface area contributed by atoms with Crippen LogP contribution in [0.3, 0.4) is 0 Å². The van der Waals surface area contributed by atoms with Crippen LogP contribution in [0.5, 0.6) is 0 Å². The first kappa shape index (κ1) is 20.6. The smallest absolute Gasteiger partial charge is 0.241 e. The van der Waals surface area contributed by atoms with E-state index in [4.69, 9.17) is 16.6 Å².